The molecule has 0 fully saturated rings. The maximum Gasteiger partial charge on any atom is 0.207 e. The van der Waals surface area contributed by atoms with E-state index in [0.717, 1.165) is 25.7 Å². The summed E-state index contributed by atoms with van der Waals surface area (Å²) in [5.41, 5.74) is 2.64. The smallest absolute Gasteiger partial charge is 0.207 e. The van der Waals surface area contributed by atoms with Crippen molar-refractivity contribution in [2.24, 2.45) is 0 Å². The Kier molecular flexibility index (Phi) is 6.02. The highest BCUT2D eigenvalue weighted by Gasteiger charge is 2.33. The van der Waals surface area contributed by atoms with Gasteiger partial charge < -0.3 is 5.32 Å². The van der Waals surface area contributed by atoms with Crippen LogP contribution in [0.5, 0.6) is 0 Å². The fourth-order valence-electron chi connectivity index (χ4n) is 3.46. The molecule has 0 aliphatic heterocycles. The van der Waals surface area contributed by atoms with Gasteiger partial charge >= 0.3 is 0 Å². The monoisotopic (exact) mass is 349 g/mol. The number of hydrogen-bond acceptors (Lipinski definition) is 2. The lowest BCUT2D eigenvalue weighted by Crippen LogP contribution is -2.34. The van der Waals surface area contributed by atoms with Crippen molar-refractivity contribution in [3.05, 3.63) is 94.2 Å². The number of thiophene rings is 1. The molecule has 3 rings (SSSR count). The molecule has 2 nitrogen and oxygen atoms in total. The van der Waals surface area contributed by atoms with Crippen molar-refractivity contribution in [2.75, 3.05) is 6.54 Å². The molecule has 0 spiro atoms. The third-order valence-corrected chi connectivity index (χ3v) is 5.76. The highest BCUT2D eigenvalue weighted by Crippen LogP contribution is 2.38. The Hall–Kier alpha value is -2.39. The Balaban J connectivity index is 1.97. The SMILES string of the molecule is O=CNCCC(Cc1ccccc1)(Cc1ccccc1)c1cccs1. The molecule has 25 heavy (non-hydrogen) atoms. The minimum absolute atomic E-state index is 0.0209. The Morgan fingerprint density at radius 3 is 1.92 bits per heavy atom. The molecule has 1 amide bonds. The maximum atomic E-state index is 10.8. The number of benzene rings is 2. The van der Waals surface area contributed by atoms with Crippen LogP contribution in [-0.4, -0.2) is 13.0 Å². The zero-order chi connectivity index (χ0) is 17.4. The molecule has 0 saturated heterocycles. The van der Waals surface area contributed by atoms with E-state index in [2.05, 4.69) is 83.5 Å². The summed E-state index contributed by atoms with van der Waals surface area (Å²) in [6.45, 7) is 0.682. The van der Waals surface area contributed by atoms with Gasteiger partial charge in [-0.15, -0.1) is 11.3 Å². The molecule has 1 heterocycles. The van der Waals surface area contributed by atoms with Gasteiger partial charge in [-0.25, -0.2) is 0 Å². The second-order valence-corrected chi connectivity index (χ2v) is 7.35. The third kappa shape index (κ3) is 4.58. The Bertz CT molecular complexity index is 712. The first-order valence-electron chi connectivity index (χ1n) is 8.61. The fraction of sp³-hybridized carbons (Fsp3) is 0.227. The van der Waals surface area contributed by atoms with Crippen LogP contribution in [0.2, 0.25) is 0 Å². The van der Waals surface area contributed by atoms with Crippen molar-refractivity contribution in [1.29, 1.82) is 0 Å². The largest absolute Gasteiger partial charge is 0.359 e. The van der Waals surface area contributed by atoms with Crippen LogP contribution in [0.4, 0.5) is 0 Å². The summed E-state index contributed by atoms with van der Waals surface area (Å²) in [6, 6.07) is 25.6. The van der Waals surface area contributed by atoms with Crippen LogP contribution in [0, 0.1) is 0 Å². The van der Waals surface area contributed by atoms with Gasteiger partial charge in [-0.1, -0.05) is 66.7 Å². The molecule has 1 aromatic heterocycles. The average molecular weight is 349 g/mol. The van der Waals surface area contributed by atoms with Gasteiger partial charge in [-0.3, -0.25) is 4.79 Å². The summed E-state index contributed by atoms with van der Waals surface area (Å²) in [4.78, 5) is 12.2. The fourth-order valence-corrected chi connectivity index (χ4v) is 4.42. The van der Waals surface area contributed by atoms with Crippen molar-refractivity contribution in [3.63, 3.8) is 0 Å². The van der Waals surface area contributed by atoms with Gasteiger partial charge in [0.15, 0.2) is 0 Å². The van der Waals surface area contributed by atoms with Crippen molar-refractivity contribution in [1.82, 2.24) is 5.32 Å². The third-order valence-electron chi connectivity index (χ3n) is 4.65. The van der Waals surface area contributed by atoms with E-state index in [9.17, 15) is 4.79 Å². The van der Waals surface area contributed by atoms with Gasteiger partial charge in [0, 0.05) is 16.8 Å². The van der Waals surface area contributed by atoms with Gasteiger partial charge in [0.2, 0.25) is 6.41 Å². The molecular weight excluding hydrogens is 326 g/mol. The van der Waals surface area contributed by atoms with Crippen LogP contribution in [0.3, 0.4) is 0 Å². The summed E-state index contributed by atoms with van der Waals surface area (Å²) in [5, 5.41) is 5.01. The molecule has 128 valence electrons. The predicted molar refractivity (Wildman–Crippen MR) is 105 cm³/mol. The van der Waals surface area contributed by atoms with Crippen molar-refractivity contribution < 1.29 is 4.79 Å². The van der Waals surface area contributed by atoms with Crippen LogP contribution in [0.15, 0.2) is 78.2 Å². The molecule has 0 bridgehead atoms. The molecule has 0 unspecified atom stereocenters. The Labute approximate surface area is 153 Å². The lowest BCUT2D eigenvalue weighted by Gasteiger charge is -2.34. The summed E-state index contributed by atoms with van der Waals surface area (Å²) in [7, 11) is 0. The topological polar surface area (TPSA) is 29.1 Å². The van der Waals surface area contributed by atoms with E-state index < -0.39 is 0 Å². The zero-order valence-electron chi connectivity index (χ0n) is 14.2. The van der Waals surface area contributed by atoms with E-state index in [1.165, 1.54) is 16.0 Å². The summed E-state index contributed by atoms with van der Waals surface area (Å²) in [6.07, 6.45) is 3.63. The van der Waals surface area contributed by atoms with Crippen LogP contribution in [0.1, 0.15) is 22.4 Å². The van der Waals surface area contributed by atoms with Gasteiger partial charge in [0.1, 0.15) is 0 Å². The number of hydrogen-bond donors (Lipinski definition) is 1. The first kappa shape index (κ1) is 17.4. The normalized spacial score (nSPS) is 11.2. The molecule has 1 N–H and O–H groups in total. The van der Waals surface area contributed by atoms with E-state index in [1.54, 1.807) is 0 Å². The quantitative estimate of drug-likeness (QED) is 0.444. The van der Waals surface area contributed by atoms with Gasteiger partial charge in [0.25, 0.3) is 0 Å². The van der Waals surface area contributed by atoms with Crippen LogP contribution in [-0.2, 0) is 23.1 Å². The second-order valence-electron chi connectivity index (χ2n) is 6.40. The summed E-state index contributed by atoms with van der Waals surface area (Å²) in [5.74, 6) is 0. The van der Waals surface area contributed by atoms with Crippen LogP contribution >= 0.6 is 11.3 Å². The van der Waals surface area contributed by atoms with Crippen LogP contribution in [0.25, 0.3) is 0 Å². The molecule has 0 radical (unpaired) electrons. The molecule has 0 atom stereocenters. The van der Waals surface area contributed by atoms with E-state index in [-0.39, 0.29) is 5.41 Å². The van der Waals surface area contributed by atoms with Gasteiger partial charge in [0.05, 0.1) is 0 Å². The number of rotatable bonds is 9. The predicted octanol–water partition coefficient (Wildman–Crippen LogP) is 4.61. The van der Waals surface area contributed by atoms with E-state index >= 15 is 0 Å². The minimum atomic E-state index is -0.0209. The first-order chi connectivity index (χ1) is 12.3. The van der Waals surface area contributed by atoms with E-state index in [4.69, 9.17) is 0 Å². The van der Waals surface area contributed by atoms with E-state index in [0.29, 0.717) is 6.54 Å². The molecule has 2 aromatic carbocycles. The second kappa shape index (κ2) is 8.63. The van der Waals surface area contributed by atoms with Crippen molar-refractivity contribution in [3.8, 4) is 0 Å². The molecule has 3 aromatic rings. The molecule has 3 heteroatoms. The lowest BCUT2D eigenvalue weighted by atomic mass is 9.73. The lowest BCUT2D eigenvalue weighted by molar-refractivity contribution is -0.109. The summed E-state index contributed by atoms with van der Waals surface area (Å²) >= 11 is 1.81. The van der Waals surface area contributed by atoms with Gasteiger partial charge in [-0.2, -0.15) is 0 Å². The van der Waals surface area contributed by atoms with Crippen molar-refractivity contribution in [2.45, 2.75) is 24.7 Å². The number of amides is 1. The number of carbonyl (C=O) groups excluding carboxylic acids is 1. The standard InChI is InChI=1S/C22H23NOS/c24-18-23-14-13-22(21-12-7-15-25-21,16-19-8-3-1-4-9-19)17-20-10-5-2-6-11-20/h1-12,15,18H,13-14,16-17H2,(H,23,24). The molecule has 0 aliphatic rings. The number of nitrogens with one attached hydrogen (secondary N) is 1. The maximum absolute atomic E-state index is 10.8. The van der Waals surface area contributed by atoms with Crippen LogP contribution < -0.4 is 5.32 Å². The Morgan fingerprint density at radius 2 is 1.44 bits per heavy atom. The molecule has 0 saturated carbocycles. The summed E-state index contributed by atoms with van der Waals surface area (Å²) < 4.78 is 0. The molecule has 0 aliphatic carbocycles. The average Bonchev–Trinajstić information content (AvgIpc) is 3.19. The van der Waals surface area contributed by atoms with Gasteiger partial charge in [-0.05, 0) is 41.8 Å². The van der Waals surface area contributed by atoms with E-state index in [1.807, 2.05) is 11.3 Å². The first-order valence-corrected chi connectivity index (χ1v) is 9.49. The number of carbonyl (C=O) groups is 1. The highest BCUT2D eigenvalue weighted by molar-refractivity contribution is 7.10. The minimum Gasteiger partial charge on any atom is -0.359 e. The zero-order valence-corrected chi connectivity index (χ0v) is 15.0. The van der Waals surface area contributed by atoms with Crippen molar-refractivity contribution >= 4 is 17.7 Å². The highest BCUT2D eigenvalue weighted by atomic mass is 32.1. The molecular formula is C22H23NOS. The Morgan fingerprint density at radius 1 is 0.840 bits per heavy atom.